The molecule has 0 radical (unpaired) electrons. The van der Waals surface area contributed by atoms with E-state index in [1.165, 1.54) is 5.56 Å². The van der Waals surface area contributed by atoms with Gasteiger partial charge in [0, 0.05) is 37.7 Å². The van der Waals surface area contributed by atoms with Gasteiger partial charge in [0.25, 0.3) is 0 Å². The number of hydrogen-bond donors (Lipinski definition) is 0. The van der Waals surface area contributed by atoms with Gasteiger partial charge in [-0.2, -0.15) is 5.10 Å². The van der Waals surface area contributed by atoms with E-state index in [-0.39, 0.29) is 0 Å². The normalized spacial score (nSPS) is 11.4. The van der Waals surface area contributed by atoms with Gasteiger partial charge in [0.15, 0.2) is 0 Å². The predicted octanol–water partition coefficient (Wildman–Crippen LogP) is 2.49. The molecule has 4 nitrogen and oxygen atoms in total. The largest absolute Gasteiger partial charge is 0.296 e. The van der Waals surface area contributed by atoms with Crippen LogP contribution in [0.2, 0.25) is 0 Å². The van der Waals surface area contributed by atoms with E-state index in [9.17, 15) is 0 Å². The van der Waals surface area contributed by atoms with Gasteiger partial charge in [0.05, 0.1) is 5.69 Å². The van der Waals surface area contributed by atoms with Crippen molar-refractivity contribution in [1.82, 2.24) is 19.7 Å². The summed E-state index contributed by atoms with van der Waals surface area (Å²) < 4.78 is 1.99. The van der Waals surface area contributed by atoms with E-state index >= 15 is 0 Å². The minimum atomic E-state index is 0.419. The summed E-state index contributed by atoms with van der Waals surface area (Å²) in [7, 11) is 2.10. The smallest absolute Gasteiger partial charge is 0.0764 e. The summed E-state index contributed by atoms with van der Waals surface area (Å²) in [6.45, 7) is 6.02. The third-order valence-corrected chi connectivity index (χ3v) is 2.80. The summed E-state index contributed by atoms with van der Waals surface area (Å²) in [5.41, 5.74) is 2.33. The van der Waals surface area contributed by atoms with E-state index in [1.807, 2.05) is 23.1 Å². The van der Waals surface area contributed by atoms with Crippen molar-refractivity contribution in [2.75, 3.05) is 7.05 Å². The highest BCUT2D eigenvalue weighted by atomic mass is 15.3. The Kier molecular flexibility index (Phi) is 4.10. The van der Waals surface area contributed by atoms with Crippen molar-refractivity contribution in [3.8, 4) is 0 Å². The third-order valence-electron chi connectivity index (χ3n) is 2.80. The minimum absolute atomic E-state index is 0.419. The predicted molar refractivity (Wildman–Crippen MR) is 72.0 cm³/mol. The van der Waals surface area contributed by atoms with Crippen LogP contribution in [0.1, 0.15) is 31.1 Å². The monoisotopic (exact) mass is 244 g/mol. The van der Waals surface area contributed by atoms with Crippen molar-refractivity contribution in [2.45, 2.75) is 33.0 Å². The first kappa shape index (κ1) is 12.8. The number of pyridine rings is 1. The standard InChI is InChI=1S/C14H20N4/c1-12(2)18-8-6-14(16-18)11-17(3)10-13-5-4-7-15-9-13/h4-9,12H,10-11H2,1-3H3. The summed E-state index contributed by atoms with van der Waals surface area (Å²) >= 11 is 0. The third kappa shape index (κ3) is 3.40. The second kappa shape index (κ2) is 5.78. The summed E-state index contributed by atoms with van der Waals surface area (Å²) in [6.07, 6.45) is 5.74. The van der Waals surface area contributed by atoms with Crippen LogP contribution in [0, 0.1) is 0 Å². The van der Waals surface area contributed by atoms with Crippen molar-refractivity contribution in [2.24, 2.45) is 0 Å². The number of aromatic nitrogens is 3. The van der Waals surface area contributed by atoms with Gasteiger partial charge < -0.3 is 0 Å². The van der Waals surface area contributed by atoms with Crippen LogP contribution in [0.4, 0.5) is 0 Å². The molecule has 0 aliphatic heterocycles. The van der Waals surface area contributed by atoms with Crippen LogP contribution in [0.5, 0.6) is 0 Å². The van der Waals surface area contributed by atoms with Gasteiger partial charge in [0.2, 0.25) is 0 Å². The average Bonchev–Trinajstić information content (AvgIpc) is 2.78. The molecular weight excluding hydrogens is 224 g/mol. The van der Waals surface area contributed by atoms with E-state index < -0.39 is 0 Å². The SMILES string of the molecule is CC(C)n1ccc(CN(C)Cc2cccnc2)n1. The molecule has 0 fully saturated rings. The van der Waals surface area contributed by atoms with Crippen LogP contribution in [0.15, 0.2) is 36.8 Å². The van der Waals surface area contributed by atoms with Crippen molar-refractivity contribution in [3.05, 3.63) is 48.0 Å². The molecule has 4 heteroatoms. The lowest BCUT2D eigenvalue weighted by Crippen LogP contribution is -2.18. The van der Waals surface area contributed by atoms with Gasteiger partial charge in [-0.1, -0.05) is 6.07 Å². The van der Waals surface area contributed by atoms with Crippen LogP contribution in [0.25, 0.3) is 0 Å². The van der Waals surface area contributed by atoms with Gasteiger partial charge in [-0.25, -0.2) is 0 Å². The van der Waals surface area contributed by atoms with E-state index in [4.69, 9.17) is 0 Å². The van der Waals surface area contributed by atoms with E-state index in [0.717, 1.165) is 18.8 Å². The number of hydrogen-bond acceptors (Lipinski definition) is 3. The first-order valence-electron chi connectivity index (χ1n) is 6.26. The fraction of sp³-hybridized carbons (Fsp3) is 0.429. The number of nitrogens with zero attached hydrogens (tertiary/aromatic N) is 4. The van der Waals surface area contributed by atoms with Crippen molar-refractivity contribution in [1.29, 1.82) is 0 Å². The highest BCUT2D eigenvalue weighted by molar-refractivity contribution is 5.08. The van der Waals surface area contributed by atoms with Crippen molar-refractivity contribution >= 4 is 0 Å². The Balaban J connectivity index is 1.92. The van der Waals surface area contributed by atoms with Gasteiger partial charge in [0.1, 0.15) is 0 Å². The summed E-state index contributed by atoms with van der Waals surface area (Å²) in [4.78, 5) is 6.37. The summed E-state index contributed by atoms with van der Waals surface area (Å²) in [5, 5.41) is 4.55. The fourth-order valence-corrected chi connectivity index (χ4v) is 1.89. The second-order valence-electron chi connectivity index (χ2n) is 4.91. The highest BCUT2D eigenvalue weighted by Gasteiger charge is 2.06. The second-order valence-corrected chi connectivity index (χ2v) is 4.91. The van der Waals surface area contributed by atoms with Crippen molar-refractivity contribution in [3.63, 3.8) is 0 Å². The Bertz CT molecular complexity index is 476. The van der Waals surface area contributed by atoms with Crippen LogP contribution < -0.4 is 0 Å². The summed E-state index contributed by atoms with van der Waals surface area (Å²) in [5.74, 6) is 0. The quantitative estimate of drug-likeness (QED) is 0.810. The van der Waals surface area contributed by atoms with Gasteiger partial charge in [-0.3, -0.25) is 14.6 Å². The molecule has 2 aromatic heterocycles. The molecule has 0 aliphatic rings. The first-order valence-corrected chi connectivity index (χ1v) is 6.26. The minimum Gasteiger partial charge on any atom is -0.296 e. The maximum Gasteiger partial charge on any atom is 0.0764 e. The molecule has 0 aromatic carbocycles. The zero-order valence-corrected chi connectivity index (χ0v) is 11.2. The van der Waals surface area contributed by atoms with Gasteiger partial charge in [-0.05, 0) is 38.6 Å². The maximum absolute atomic E-state index is 4.55. The zero-order chi connectivity index (χ0) is 13.0. The van der Waals surface area contributed by atoms with Crippen LogP contribution >= 0.6 is 0 Å². The molecular formula is C14H20N4. The molecule has 0 bridgehead atoms. The summed E-state index contributed by atoms with van der Waals surface area (Å²) in [6, 6.07) is 6.56. The molecule has 0 amide bonds. The molecule has 0 unspecified atom stereocenters. The molecule has 0 aliphatic carbocycles. The molecule has 0 spiro atoms. The van der Waals surface area contributed by atoms with Gasteiger partial charge in [-0.15, -0.1) is 0 Å². The Hall–Kier alpha value is -1.68. The van der Waals surface area contributed by atoms with E-state index in [1.54, 1.807) is 6.20 Å². The average molecular weight is 244 g/mol. The Morgan fingerprint density at radius 2 is 2.11 bits per heavy atom. The van der Waals surface area contributed by atoms with E-state index in [2.05, 4.69) is 48.0 Å². The van der Waals surface area contributed by atoms with E-state index in [0.29, 0.717) is 6.04 Å². The molecule has 2 aromatic rings. The van der Waals surface area contributed by atoms with Crippen LogP contribution in [-0.4, -0.2) is 26.7 Å². The van der Waals surface area contributed by atoms with Crippen molar-refractivity contribution < 1.29 is 0 Å². The zero-order valence-electron chi connectivity index (χ0n) is 11.2. The molecule has 18 heavy (non-hydrogen) atoms. The Morgan fingerprint density at radius 1 is 1.28 bits per heavy atom. The van der Waals surface area contributed by atoms with Gasteiger partial charge >= 0.3 is 0 Å². The fourth-order valence-electron chi connectivity index (χ4n) is 1.89. The Labute approximate surface area is 108 Å². The van der Waals surface area contributed by atoms with Crippen LogP contribution in [-0.2, 0) is 13.1 Å². The Morgan fingerprint density at radius 3 is 2.72 bits per heavy atom. The lowest BCUT2D eigenvalue weighted by Gasteiger charge is -2.15. The molecule has 2 heterocycles. The lowest BCUT2D eigenvalue weighted by atomic mass is 10.2. The van der Waals surface area contributed by atoms with Crippen LogP contribution in [0.3, 0.4) is 0 Å². The molecule has 2 rings (SSSR count). The topological polar surface area (TPSA) is 34.0 Å². The molecule has 0 saturated carbocycles. The number of rotatable bonds is 5. The molecule has 0 atom stereocenters. The highest BCUT2D eigenvalue weighted by Crippen LogP contribution is 2.08. The molecule has 0 saturated heterocycles. The lowest BCUT2D eigenvalue weighted by molar-refractivity contribution is 0.312. The molecule has 0 N–H and O–H groups in total. The first-order chi connectivity index (χ1) is 8.65. The maximum atomic E-state index is 4.55. The molecule has 96 valence electrons.